The van der Waals surface area contributed by atoms with Crippen molar-refractivity contribution in [2.75, 3.05) is 6.61 Å². The van der Waals surface area contributed by atoms with Crippen LogP contribution in [-0.4, -0.2) is 18.8 Å². The van der Waals surface area contributed by atoms with Crippen molar-refractivity contribution in [2.45, 2.75) is 26.3 Å². The predicted molar refractivity (Wildman–Crippen MR) is 97.4 cm³/mol. The van der Waals surface area contributed by atoms with Gasteiger partial charge in [0.15, 0.2) is 12.9 Å². The molecule has 0 aromatic heterocycles. The van der Waals surface area contributed by atoms with Crippen molar-refractivity contribution in [3.05, 3.63) is 63.6 Å². The molecule has 0 saturated heterocycles. The van der Waals surface area contributed by atoms with Gasteiger partial charge in [0.05, 0.1) is 11.6 Å². The van der Waals surface area contributed by atoms with E-state index < -0.39 is 0 Å². The normalized spacial score (nSPS) is 11.6. The molecule has 2 rings (SSSR count). The number of nitrogens with one attached hydrogen (secondary N) is 1. The smallest absolute Gasteiger partial charge is 0.258 e. The highest BCUT2D eigenvalue weighted by Crippen LogP contribution is 2.22. The highest BCUT2D eigenvalue weighted by molar-refractivity contribution is 9.10. The fraction of sp³-hybridized carbons (Fsp3) is 0.263. The average molecular weight is 390 g/mol. The Labute approximate surface area is 150 Å². The molecule has 0 unspecified atom stereocenters. The van der Waals surface area contributed by atoms with Crippen LogP contribution in [0, 0.1) is 6.92 Å². The van der Waals surface area contributed by atoms with Crippen LogP contribution in [0.3, 0.4) is 0 Å². The minimum atomic E-state index is -0.220. The summed E-state index contributed by atoms with van der Waals surface area (Å²) in [5.74, 6) is 0.175. The molecule has 126 valence electrons. The summed E-state index contributed by atoms with van der Waals surface area (Å²) in [5, 5.41) is 2.96. The molecule has 0 radical (unpaired) electrons. The molecule has 0 aliphatic rings. The molecule has 2 aromatic carbocycles. The molecule has 0 bridgehead atoms. The number of halogens is 1. The van der Waals surface area contributed by atoms with E-state index in [4.69, 9.17) is 4.74 Å². The molecule has 1 N–H and O–H groups in total. The second kappa shape index (κ2) is 8.64. The molecule has 24 heavy (non-hydrogen) atoms. The molecule has 2 aromatic rings. The van der Waals surface area contributed by atoms with Crippen LogP contribution in [0.1, 0.15) is 40.9 Å². The van der Waals surface area contributed by atoms with E-state index in [1.165, 1.54) is 5.56 Å². The van der Waals surface area contributed by atoms with E-state index in [0.29, 0.717) is 17.6 Å². The predicted octanol–water partition coefficient (Wildman–Crippen LogP) is 4.22. The molecule has 5 heteroatoms. The van der Waals surface area contributed by atoms with Crippen molar-refractivity contribution in [3.63, 3.8) is 0 Å². The summed E-state index contributed by atoms with van der Waals surface area (Å²) in [6, 6.07) is 13.1. The number of ether oxygens (including phenoxy) is 1. The van der Waals surface area contributed by atoms with Gasteiger partial charge in [-0.3, -0.25) is 9.59 Å². The fourth-order valence-electron chi connectivity index (χ4n) is 2.34. The molecule has 0 spiro atoms. The first-order chi connectivity index (χ1) is 11.5. The molecule has 1 amide bonds. The van der Waals surface area contributed by atoms with Crippen molar-refractivity contribution in [2.24, 2.45) is 0 Å². The van der Waals surface area contributed by atoms with Crippen LogP contribution in [0.4, 0.5) is 0 Å². The molecular formula is C19H20BrNO3. The first kappa shape index (κ1) is 18.2. The Kier molecular flexibility index (Phi) is 6.55. The maximum absolute atomic E-state index is 12.2. The minimum absolute atomic E-state index is 0.0582. The number of aryl methyl sites for hydroxylation is 1. The number of hydrogen-bond donors (Lipinski definition) is 1. The van der Waals surface area contributed by atoms with Gasteiger partial charge < -0.3 is 10.1 Å². The minimum Gasteiger partial charge on any atom is -0.483 e. The zero-order valence-electron chi connectivity index (χ0n) is 13.7. The lowest BCUT2D eigenvalue weighted by molar-refractivity contribution is -0.123. The Bertz CT molecular complexity index is 713. The third-order valence-corrected chi connectivity index (χ3v) is 4.17. The van der Waals surface area contributed by atoms with Gasteiger partial charge in [-0.25, -0.2) is 0 Å². The van der Waals surface area contributed by atoms with Gasteiger partial charge in [0, 0.05) is 4.47 Å². The van der Waals surface area contributed by atoms with Gasteiger partial charge in [-0.05, 0) is 37.1 Å². The van der Waals surface area contributed by atoms with E-state index in [2.05, 4.69) is 21.2 Å². The van der Waals surface area contributed by atoms with Gasteiger partial charge in [-0.1, -0.05) is 52.7 Å². The number of aldehydes is 1. The molecule has 4 nitrogen and oxygen atoms in total. The van der Waals surface area contributed by atoms with E-state index in [9.17, 15) is 9.59 Å². The number of hydrogen-bond acceptors (Lipinski definition) is 3. The zero-order valence-corrected chi connectivity index (χ0v) is 15.3. The van der Waals surface area contributed by atoms with E-state index in [-0.39, 0.29) is 18.6 Å². The SMILES string of the molecule is CC[C@H](NC(=O)COc1ccc(Br)cc1C=O)c1ccc(C)cc1. The lowest BCUT2D eigenvalue weighted by Crippen LogP contribution is -2.32. The van der Waals surface area contributed by atoms with Gasteiger partial charge in [0.2, 0.25) is 0 Å². The van der Waals surface area contributed by atoms with Crippen LogP contribution >= 0.6 is 15.9 Å². The van der Waals surface area contributed by atoms with Crippen molar-refractivity contribution in [1.29, 1.82) is 0 Å². The summed E-state index contributed by atoms with van der Waals surface area (Å²) in [5.41, 5.74) is 2.65. The quantitative estimate of drug-likeness (QED) is 0.721. The summed E-state index contributed by atoms with van der Waals surface area (Å²) < 4.78 is 6.27. The first-order valence-corrected chi connectivity index (χ1v) is 8.56. The average Bonchev–Trinajstić information content (AvgIpc) is 2.59. The molecule has 1 atom stereocenters. The number of carbonyl (C=O) groups excluding carboxylic acids is 2. The number of benzene rings is 2. The Hall–Kier alpha value is -2.14. The van der Waals surface area contributed by atoms with Gasteiger partial charge in [-0.2, -0.15) is 0 Å². The number of carbonyl (C=O) groups is 2. The Morgan fingerprint density at radius 1 is 1.25 bits per heavy atom. The van der Waals surface area contributed by atoms with Gasteiger partial charge in [0.1, 0.15) is 5.75 Å². The molecule has 0 fully saturated rings. The summed E-state index contributed by atoms with van der Waals surface area (Å²) >= 11 is 3.30. The second-order valence-corrected chi connectivity index (χ2v) is 6.44. The molecular weight excluding hydrogens is 370 g/mol. The number of rotatable bonds is 7. The Balaban J connectivity index is 1.97. The zero-order chi connectivity index (χ0) is 17.5. The van der Waals surface area contributed by atoms with Gasteiger partial charge in [0.25, 0.3) is 5.91 Å². The largest absolute Gasteiger partial charge is 0.483 e. The van der Waals surface area contributed by atoms with Crippen LogP contribution < -0.4 is 10.1 Å². The van der Waals surface area contributed by atoms with Gasteiger partial charge >= 0.3 is 0 Å². The van der Waals surface area contributed by atoms with Gasteiger partial charge in [-0.15, -0.1) is 0 Å². The van der Waals surface area contributed by atoms with Crippen molar-refractivity contribution in [1.82, 2.24) is 5.32 Å². The molecule has 0 saturated carbocycles. The monoisotopic (exact) mass is 389 g/mol. The summed E-state index contributed by atoms with van der Waals surface area (Å²) in [6.45, 7) is 3.91. The Morgan fingerprint density at radius 2 is 1.96 bits per heavy atom. The fourth-order valence-corrected chi connectivity index (χ4v) is 2.72. The first-order valence-electron chi connectivity index (χ1n) is 7.77. The lowest BCUT2D eigenvalue weighted by atomic mass is 10.0. The maximum Gasteiger partial charge on any atom is 0.258 e. The highest BCUT2D eigenvalue weighted by atomic mass is 79.9. The van der Waals surface area contributed by atoms with Crippen LogP contribution in [-0.2, 0) is 4.79 Å². The van der Waals surface area contributed by atoms with E-state index in [1.54, 1.807) is 18.2 Å². The van der Waals surface area contributed by atoms with Crippen molar-refractivity contribution >= 4 is 28.1 Å². The van der Waals surface area contributed by atoms with Crippen LogP contribution in [0.15, 0.2) is 46.9 Å². The third kappa shape index (κ3) is 4.93. The molecule has 0 aliphatic heterocycles. The maximum atomic E-state index is 12.2. The van der Waals surface area contributed by atoms with Crippen LogP contribution in [0.2, 0.25) is 0 Å². The summed E-state index contributed by atoms with van der Waals surface area (Å²) in [6.07, 6.45) is 1.49. The molecule has 0 heterocycles. The van der Waals surface area contributed by atoms with E-state index in [0.717, 1.165) is 16.5 Å². The molecule has 0 aliphatic carbocycles. The highest BCUT2D eigenvalue weighted by Gasteiger charge is 2.14. The van der Waals surface area contributed by atoms with Crippen molar-refractivity contribution < 1.29 is 14.3 Å². The standard InChI is InChI=1S/C19H20BrNO3/c1-3-17(14-6-4-13(2)5-7-14)21-19(23)12-24-18-9-8-16(20)10-15(18)11-22/h4-11,17H,3,12H2,1-2H3,(H,21,23)/t17-/m0/s1. The topological polar surface area (TPSA) is 55.4 Å². The second-order valence-electron chi connectivity index (χ2n) is 5.53. The number of amides is 1. The third-order valence-electron chi connectivity index (χ3n) is 3.68. The van der Waals surface area contributed by atoms with E-state index >= 15 is 0 Å². The Morgan fingerprint density at radius 3 is 2.58 bits per heavy atom. The lowest BCUT2D eigenvalue weighted by Gasteiger charge is -2.18. The van der Waals surface area contributed by atoms with E-state index in [1.807, 2.05) is 38.1 Å². The van der Waals surface area contributed by atoms with Crippen LogP contribution in [0.5, 0.6) is 5.75 Å². The summed E-state index contributed by atoms with van der Waals surface area (Å²) in [4.78, 5) is 23.2. The van der Waals surface area contributed by atoms with Crippen LogP contribution in [0.25, 0.3) is 0 Å². The van der Waals surface area contributed by atoms with Crippen molar-refractivity contribution in [3.8, 4) is 5.75 Å². The summed E-state index contributed by atoms with van der Waals surface area (Å²) in [7, 11) is 0.